The monoisotopic (exact) mass is 514 g/mol. The highest BCUT2D eigenvalue weighted by molar-refractivity contribution is 5.86. The Bertz CT molecular complexity index is 1150. The Labute approximate surface area is 230 Å². The van der Waals surface area contributed by atoms with Crippen molar-refractivity contribution in [2.75, 3.05) is 13.2 Å². The number of hydrogen-bond acceptors (Lipinski definition) is 3. The lowest BCUT2D eigenvalue weighted by Gasteiger charge is -2.10. The number of rotatable bonds is 9. The van der Waals surface area contributed by atoms with Gasteiger partial charge >= 0.3 is 0 Å². The number of fused-ring (bicyclic) bond motifs is 2. The second kappa shape index (κ2) is 18.5. The summed E-state index contributed by atoms with van der Waals surface area (Å²) in [6, 6.07) is 24.1. The Morgan fingerprint density at radius 2 is 0.868 bits per heavy atom. The lowest BCUT2D eigenvalue weighted by Crippen LogP contribution is -1.92. The van der Waals surface area contributed by atoms with Crippen LogP contribution in [0.5, 0.6) is 23.0 Å². The van der Waals surface area contributed by atoms with Gasteiger partial charge in [-0.1, -0.05) is 104 Å². The van der Waals surface area contributed by atoms with Crippen LogP contribution in [0.3, 0.4) is 0 Å². The summed E-state index contributed by atoms with van der Waals surface area (Å²) in [5.41, 5.74) is 0. The van der Waals surface area contributed by atoms with E-state index in [2.05, 4.69) is 33.9 Å². The summed E-state index contributed by atoms with van der Waals surface area (Å²) in [6.45, 7) is 23.0. The summed E-state index contributed by atoms with van der Waals surface area (Å²) in [6.07, 6.45) is 4.78. The highest BCUT2D eigenvalue weighted by atomic mass is 16.5. The maximum atomic E-state index is 6.10. The second-order valence-corrected chi connectivity index (χ2v) is 8.45. The third-order valence-electron chi connectivity index (χ3n) is 5.35. The van der Waals surface area contributed by atoms with Crippen molar-refractivity contribution in [3.63, 3.8) is 0 Å². The molecule has 0 saturated carbocycles. The minimum absolute atomic E-state index is 0.497. The number of ether oxygens (including phenoxy) is 3. The zero-order valence-corrected chi connectivity index (χ0v) is 24.4. The Balaban J connectivity index is 0.000000709. The molecular formula is C35H46O3. The van der Waals surface area contributed by atoms with E-state index in [4.69, 9.17) is 14.2 Å². The summed E-state index contributed by atoms with van der Waals surface area (Å²) >= 11 is 0. The van der Waals surface area contributed by atoms with Gasteiger partial charge in [0, 0.05) is 0 Å². The molecular weight excluding hydrogens is 468 g/mol. The van der Waals surface area contributed by atoms with Crippen LogP contribution in [0.1, 0.15) is 54.9 Å². The van der Waals surface area contributed by atoms with Gasteiger partial charge < -0.3 is 14.2 Å². The molecule has 0 aliphatic carbocycles. The van der Waals surface area contributed by atoms with Crippen LogP contribution in [0.4, 0.5) is 0 Å². The fourth-order valence-electron chi connectivity index (χ4n) is 3.16. The van der Waals surface area contributed by atoms with E-state index in [1.165, 1.54) is 6.42 Å². The van der Waals surface area contributed by atoms with E-state index in [-0.39, 0.29) is 0 Å². The molecule has 0 aliphatic rings. The van der Waals surface area contributed by atoms with Gasteiger partial charge in [0.05, 0.1) is 0 Å². The minimum atomic E-state index is 0.497. The Morgan fingerprint density at radius 3 is 1.16 bits per heavy atom. The Morgan fingerprint density at radius 1 is 0.579 bits per heavy atom. The maximum Gasteiger partial charge on any atom is 0.128 e. The molecule has 3 heteroatoms. The van der Waals surface area contributed by atoms with E-state index in [1.54, 1.807) is 12.2 Å². The summed E-state index contributed by atoms with van der Waals surface area (Å²) in [5, 5.41) is 4.39. The van der Waals surface area contributed by atoms with Crippen molar-refractivity contribution in [3.8, 4) is 23.0 Å². The predicted octanol–water partition coefficient (Wildman–Crippen LogP) is 11.0. The van der Waals surface area contributed by atoms with Gasteiger partial charge in [0.1, 0.15) is 36.2 Å². The van der Waals surface area contributed by atoms with Crippen molar-refractivity contribution < 1.29 is 14.2 Å². The molecule has 0 fully saturated rings. The average Bonchev–Trinajstić information content (AvgIpc) is 2.97. The predicted molar refractivity (Wildman–Crippen MR) is 167 cm³/mol. The normalized spacial score (nSPS) is 9.68. The SMILES string of the molecule is C=CCOc1ccc2cc(Oc3ccc4cc(OCC=C)ccc4c3)ccc2c1.CC.CC.CCC(C)C. The maximum absolute atomic E-state index is 6.10. The number of benzene rings is 4. The van der Waals surface area contributed by atoms with Crippen LogP contribution in [-0.2, 0) is 0 Å². The molecule has 0 radical (unpaired) electrons. The number of hydrogen-bond donors (Lipinski definition) is 0. The van der Waals surface area contributed by atoms with Crippen molar-refractivity contribution in [2.45, 2.75) is 54.9 Å². The van der Waals surface area contributed by atoms with Crippen LogP contribution in [0, 0.1) is 5.92 Å². The van der Waals surface area contributed by atoms with E-state index < -0.39 is 0 Å². The Hall–Kier alpha value is -3.72. The van der Waals surface area contributed by atoms with Gasteiger partial charge in [0.15, 0.2) is 0 Å². The molecule has 4 rings (SSSR count). The topological polar surface area (TPSA) is 27.7 Å². The van der Waals surface area contributed by atoms with E-state index in [0.29, 0.717) is 13.2 Å². The fourth-order valence-corrected chi connectivity index (χ4v) is 3.16. The van der Waals surface area contributed by atoms with E-state index >= 15 is 0 Å². The molecule has 0 atom stereocenters. The molecule has 4 aromatic rings. The van der Waals surface area contributed by atoms with Crippen molar-refractivity contribution in [2.24, 2.45) is 5.92 Å². The molecule has 0 aromatic heterocycles. The zero-order valence-electron chi connectivity index (χ0n) is 24.4. The molecule has 0 unspecified atom stereocenters. The van der Waals surface area contributed by atoms with Crippen molar-refractivity contribution in [3.05, 3.63) is 98.1 Å². The van der Waals surface area contributed by atoms with Gasteiger partial charge in [-0.05, 0) is 76.0 Å². The average molecular weight is 515 g/mol. The van der Waals surface area contributed by atoms with Crippen LogP contribution in [0.25, 0.3) is 21.5 Å². The molecule has 0 spiro atoms. The lowest BCUT2D eigenvalue weighted by atomic mass is 10.1. The first-order valence-corrected chi connectivity index (χ1v) is 13.7. The van der Waals surface area contributed by atoms with Crippen LogP contribution < -0.4 is 14.2 Å². The van der Waals surface area contributed by atoms with Crippen LogP contribution in [0.15, 0.2) is 98.1 Å². The van der Waals surface area contributed by atoms with Gasteiger partial charge in [-0.15, -0.1) is 0 Å². The van der Waals surface area contributed by atoms with Crippen LogP contribution in [0.2, 0.25) is 0 Å². The van der Waals surface area contributed by atoms with Gasteiger partial charge in [0.2, 0.25) is 0 Å². The van der Waals surface area contributed by atoms with E-state index in [1.807, 2.05) is 100 Å². The summed E-state index contributed by atoms with van der Waals surface area (Å²) < 4.78 is 17.3. The molecule has 0 saturated heterocycles. The molecule has 204 valence electrons. The standard InChI is InChI=1S/C26H22O3.C5H12.2C2H6/c1-3-13-27-23-9-5-21-17-25(11-7-19(21)15-23)29-26-12-8-20-16-24(28-14-4-2)10-6-22(20)18-26;1-4-5(2)3;2*1-2/h3-12,15-18H,1-2,13-14H2;5H,4H2,1-3H3;2*1-2H3. The zero-order chi connectivity index (χ0) is 28.3. The summed E-state index contributed by atoms with van der Waals surface area (Å²) in [4.78, 5) is 0. The molecule has 38 heavy (non-hydrogen) atoms. The quantitative estimate of drug-likeness (QED) is 0.208. The third-order valence-corrected chi connectivity index (χ3v) is 5.35. The summed E-state index contributed by atoms with van der Waals surface area (Å²) in [5.74, 6) is 4.13. The first-order chi connectivity index (χ1) is 18.5. The molecule has 0 amide bonds. The molecule has 0 bridgehead atoms. The minimum Gasteiger partial charge on any atom is -0.490 e. The van der Waals surface area contributed by atoms with Crippen molar-refractivity contribution in [1.82, 2.24) is 0 Å². The van der Waals surface area contributed by atoms with Gasteiger partial charge in [-0.3, -0.25) is 0 Å². The molecule has 3 nitrogen and oxygen atoms in total. The van der Waals surface area contributed by atoms with Crippen molar-refractivity contribution in [1.29, 1.82) is 0 Å². The highest BCUT2D eigenvalue weighted by Gasteiger charge is 2.04. The van der Waals surface area contributed by atoms with E-state index in [9.17, 15) is 0 Å². The van der Waals surface area contributed by atoms with Gasteiger partial charge in [0.25, 0.3) is 0 Å². The highest BCUT2D eigenvalue weighted by Crippen LogP contribution is 2.30. The fraction of sp³-hybridized carbons (Fsp3) is 0.314. The molecule has 4 aromatic carbocycles. The van der Waals surface area contributed by atoms with Gasteiger partial charge in [-0.2, -0.15) is 0 Å². The Kier molecular flexibility index (Phi) is 15.7. The first-order valence-electron chi connectivity index (χ1n) is 13.7. The molecule has 0 aliphatic heterocycles. The molecule has 0 heterocycles. The summed E-state index contributed by atoms with van der Waals surface area (Å²) in [7, 11) is 0. The van der Waals surface area contributed by atoms with Crippen molar-refractivity contribution >= 4 is 21.5 Å². The largest absolute Gasteiger partial charge is 0.490 e. The van der Waals surface area contributed by atoms with Gasteiger partial charge in [-0.25, -0.2) is 0 Å². The van der Waals surface area contributed by atoms with E-state index in [0.717, 1.165) is 50.5 Å². The third kappa shape index (κ3) is 10.7. The van der Waals surface area contributed by atoms with Crippen LogP contribution in [-0.4, -0.2) is 13.2 Å². The smallest absolute Gasteiger partial charge is 0.128 e. The molecule has 0 N–H and O–H groups in total. The van der Waals surface area contributed by atoms with Crippen LogP contribution >= 0.6 is 0 Å². The second-order valence-electron chi connectivity index (χ2n) is 8.45. The lowest BCUT2D eigenvalue weighted by molar-refractivity contribution is 0.363. The first kappa shape index (κ1) is 32.3.